The maximum absolute atomic E-state index is 14.1. The highest BCUT2D eigenvalue weighted by Gasteiger charge is 2.72. The van der Waals surface area contributed by atoms with Crippen molar-refractivity contribution in [3.63, 3.8) is 0 Å². The number of fused-ring (bicyclic) bond motifs is 1. The topological polar surface area (TPSA) is 87.7 Å². The molecule has 1 spiro atoms. The lowest BCUT2D eigenvalue weighted by molar-refractivity contribution is -0.142. The van der Waals surface area contributed by atoms with E-state index in [2.05, 4.69) is 24.5 Å². The van der Waals surface area contributed by atoms with Crippen LogP contribution in [0.3, 0.4) is 0 Å². The molecule has 2 saturated heterocycles. The number of nitrogens with one attached hydrogen (secondary N) is 2. The number of hydrogen-bond donors (Lipinski definition) is 2. The molecule has 40 heavy (non-hydrogen) atoms. The van der Waals surface area contributed by atoms with Gasteiger partial charge in [0.25, 0.3) is 0 Å². The van der Waals surface area contributed by atoms with E-state index in [9.17, 15) is 18.8 Å². The van der Waals surface area contributed by atoms with Crippen molar-refractivity contribution < 1.29 is 23.5 Å². The fourth-order valence-electron chi connectivity index (χ4n) is 6.93. The standard InChI is InChI=1S/C32H36FN3O4/c1-19(2)21-10-14-24(15-11-21)34-29(37)26-25-16-17-32(40-25)27(26)31(39)36(18-20-8-12-22(33)13-9-20)28(32)30(38)35-23-6-4-3-5-7-23/h8-17,19,23,25-28H,3-7,18H2,1-2H3,(H,34,37)(H,35,38)/t25-,26-,27-,28+,32-/m1/s1. The first kappa shape index (κ1) is 26.7. The first-order valence-electron chi connectivity index (χ1n) is 14.4. The Bertz CT molecular complexity index is 1320. The van der Waals surface area contributed by atoms with Gasteiger partial charge >= 0.3 is 0 Å². The monoisotopic (exact) mass is 545 g/mol. The number of carbonyl (C=O) groups is 3. The predicted octanol–water partition coefficient (Wildman–Crippen LogP) is 4.69. The number of benzene rings is 2. The maximum atomic E-state index is 14.1. The highest BCUT2D eigenvalue weighted by Crippen LogP contribution is 2.55. The molecule has 6 rings (SSSR count). The smallest absolute Gasteiger partial charge is 0.246 e. The summed E-state index contributed by atoms with van der Waals surface area (Å²) in [5.74, 6) is -2.47. The number of carbonyl (C=O) groups excluding carboxylic acids is 3. The number of nitrogens with zero attached hydrogens (tertiary/aromatic N) is 1. The summed E-state index contributed by atoms with van der Waals surface area (Å²) in [5, 5.41) is 6.17. The molecule has 8 heteroatoms. The molecule has 4 aliphatic rings. The Hall–Kier alpha value is -3.52. The van der Waals surface area contributed by atoms with Crippen LogP contribution >= 0.6 is 0 Å². The lowest BCUT2D eigenvalue weighted by Gasteiger charge is -2.34. The summed E-state index contributed by atoms with van der Waals surface area (Å²) in [4.78, 5) is 43.2. The second-order valence-corrected chi connectivity index (χ2v) is 11.9. The molecular formula is C32H36FN3O4. The van der Waals surface area contributed by atoms with Crippen molar-refractivity contribution in [1.82, 2.24) is 10.2 Å². The van der Waals surface area contributed by atoms with Gasteiger partial charge in [0.2, 0.25) is 17.7 Å². The third kappa shape index (κ3) is 4.62. The van der Waals surface area contributed by atoms with E-state index in [1.165, 1.54) is 17.0 Å². The molecule has 3 heterocycles. The SMILES string of the molecule is CC(C)c1ccc(NC(=O)[C@@H]2[C@H]3C=C[C@]4(O3)[C@H](C(=O)NC3CCCCC3)N(Cc3ccc(F)cc3)C(=O)[C@@H]24)cc1. The molecule has 210 valence electrons. The van der Waals surface area contributed by atoms with Gasteiger partial charge in [0.05, 0.1) is 17.9 Å². The van der Waals surface area contributed by atoms with Crippen molar-refractivity contribution in [1.29, 1.82) is 0 Å². The number of likely N-dealkylation sites (tertiary alicyclic amines) is 1. The molecule has 7 nitrogen and oxygen atoms in total. The highest BCUT2D eigenvalue weighted by atomic mass is 19.1. The van der Waals surface area contributed by atoms with Crippen LogP contribution in [0.2, 0.25) is 0 Å². The third-order valence-electron chi connectivity index (χ3n) is 8.99. The molecule has 0 radical (unpaired) electrons. The molecule has 5 atom stereocenters. The molecule has 2 aromatic rings. The summed E-state index contributed by atoms with van der Waals surface area (Å²) >= 11 is 0. The minimum Gasteiger partial charge on any atom is -0.359 e. The molecule has 1 saturated carbocycles. The van der Waals surface area contributed by atoms with E-state index < -0.39 is 29.6 Å². The van der Waals surface area contributed by atoms with Gasteiger partial charge in [-0.05, 0) is 54.2 Å². The summed E-state index contributed by atoms with van der Waals surface area (Å²) in [7, 11) is 0. The number of halogens is 1. The molecule has 0 aromatic heterocycles. The summed E-state index contributed by atoms with van der Waals surface area (Å²) in [6.45, 7) is 4.33. The fraction of sp³-hybridized carbons (Fsp3) is 0.469. The average Bonchev–Trinajstić information content (AvgIpc) is 3.58. The normalized spacial score (nSPS) is 29.2. The van der Waals surface area contributed by atoms with E-state index in [-0.39, 0.29) is 36.1 Å². The fourth-order valence-corrected chi connectivity index (χ4v) is 6.93. The molecule has 3 amide bonds. The molecule has 1 aliphatic carbocycles. The van der Waals surface area contributed by atoms with Crippen molar-refractivity contribution in [3.8, 4) is 0 Å². The van der Waals surface area contributed by atoms with Gasteiger partial charge in [0.1, 0.15) is 17.5 Å². The summed E-state index contributed by atoms with van der Waals surface area (Å²) < 4.78 is 20.0. The van der Waals surface area contributed by atoms with E-state index in [0.29, 0.717) is 17.2 Å². The number of ether oxygens (including phenoxy) is 1. The molecule has 2 bridgehead atoms. The first-order chi connectivity index (χ1) is 19.3. The average molecular weight is 546 g/mol. The van der Waals surface area contributed by atoms with Crippen LogP contribution in [0.4, 0.5) is 10.1 Å². The minimum atomic E-state index is -1.23. The number of anilines is 1. The van der Waals surface area contributed by atoms with Crippen LogP contribution in [0, 0.1) is 17.7 Å². The van der Waals surface area contributed by atoms with Crippen LogP contribution in [0.5, 0.6) is 0 Å². The Kier molecular flexibility index (Phi) is 6.98. The van der Waals surface area contributed by atoms with Gasteiger partial charge < -0.3 is 20.3 Å². The van der Waals surface area contributed by atoms with Crippen LogP contribution in [0.1, 0.15) is 63.0 Å². The van der Waals surface area contributed by atoms with Gasteiger partial charge in [0, 0.05) is 18.3 Å². The summed E-state index contributed by atoms with van der Waals surface area (Å²) in [6.07, 6.45) is 8.11. The van der Waals surface area contributed by atoms with Crippen molar-refractivity contribution in [2.45, 2.75) is 82.2 Å². The maximum Gasteiger partial charge on any atom is 0.246 e. The molecule has 2 aromatic carbocycles. The van der Waals surface area contributed by atoms with E-state index >= 15 is 0 Å². The molecule has 0 unspecified atom stereocenters. The van der Waals surface area contributed by atoms with Crippen LogP contribution in [-0.2, 0) is 25.7 Å². The van der Waals surface area contributed by atoms with Crippen LogP contribution in [-0.4, -0.2) is 46.4 Å². The number of hydrogen-bond acceptors (Lipinski definition) is 4. The van der Waals surface area contributed by atoms with Crippen molar-refractivity contribution in [3.05, 3.63) is 77.6 Å². The second kappa shape index (κ2) is 10.5. The minimum absolute atomic E-state index is 0.0509. The number of amides is 3. The summed E-state index contributed by atoms with van der Waals surface area (Å²) in [5.41, 5.74) is 1.28. The highest BCUT2D eigenvalue weighted by molar-refractivity contribution is 6.02. The largest absolute Gasteiger partial charge is 0.359 e. The van der Waals surface area contributed by atoms with Gasteiger partial charge in [-0.3, -0.25) is 14.4 Å². The van der Waals surface area contributed by atoms with E-state index in [1.54, 1.807) is 12.1 Å². The Morgan fingerprint density at radius 1 is 1.02 bits per heavy atom. The van der Waals surface area contributed by atoms with E-state index in [4.69, 9.17) is 4.74 Å². The lowest BCUT2D eigenvalue weighted by Crippen LogP contribution is -2.56. The van der Waals surface area contributed by atoms with Gasteiger partial charge in [-0.25, -0.2) is 4.39 Å². The van der Waals surface area contributed by atoms with Crippen molar-refractivity contribution >= 4 is 23.4 Å². The van der Waals surface area contributed by atoms with Crippen molar-refractivity contribution in [2.75, 3.05) is 5.32 Å². The Balaban J connectivity index is 1.30. The van der Waals surface area contributed by atoms with Gasteiger partial charge in [0.15, 0.2) is 0 Å². The quantitative estimate of drug-likeness (QED) is 0.495. The Morgan fingerprint density at radius 2 is 1.73 bits per heavy atom. The molecule has 3 aliphatic heterocycles. The van der Waals surface area contributed by atoms with E-state index in [1.807, 2.05) is 36.4 Å². The lowest BCUT2D eigenvalue weighted by atomic mass is 9.74. The molecule has 2 N–H and O–H groups in total. The van der Waals surface area contributed by atoms with Gasteiger partial charge in [-0.15, -0.1) is 0 Å². The van der Waals surface area contributed by atoms with Gasteiger partial charge in [-0.1, -0.05) is 69.5 Å². The zero-order chi connectivity index (χ0) is 28.0. The molecular weight excluding hydrogens is 509 g/mol. The van der Waals surface area contributed by atoms with Crippen LogP contribution < -0.4 is 10.6 Å². The molecule has 3 fully saturated rings. The zero-order valence-electron chi connectivity index (χ0n) is 22.9. The third-order valence-corrected chi connectivity index (χ3v) is 8.99. The number of rotatable bonds is 7. The zero-order valence-corrected chi connectivity index (χ0v) is 22.9. The van der Waals surface area contributed by atoms with Gasteiger partial charge in [-0.2, -0.15) is 0 Å². The Labute approximate surface area is 234 Å². The van der Waals surface area contributed by atoms with Crippen molar-refractivity contribution in [2.24, 2.45) is 11.8 Å². The predicted molar refractivity (Wildman–Crippen MR) is 149 cm³/mol. The van der Waals surface area contributed by atoms with E-state index in [0.717, 1.165) is 37.7 Å². The van der Waals surface area contributed by atoms with Crippen LogP contribution in [0.25, 0.3) is 0 Å². The Morgan fingerprint density at radius 3 is 2.40 bits per heavy atom. The first-order valence-corrected chi connectivity index (χ1v) is 14.4. The summed E-state index contributed by atoms with van der Waals surface area (Å²) in [6, 6.07) is 12.7. The second-order valence-electron chi connectivity index (χ2n) is 11.9. The van der Waals surface area contributed by atoms with Crippen LogP contribution in [0.15, 0.2) is 60.7 Å².